The molecule has 1 atom stereocenters. The maximum Gasteiger partial charge on any atom is 0.368 e. The first-order chi connectivity index (χ1) is 5.05. The Balaban J connectivity index is 3.00. The number of hydrogen-bond acceptors (Lipinski definition) is 3. The van der Waals surface area contributed by atoms with Crippen molar-refractivity contribution in [2.45, 2.75) is 6.92 Å². The fourth-order valence-corrected chi connectivity index (χ4v) is 0.669. The van der Waals surface area contributed by atoms with Gasteiger partial charge in [0, 0.05) is 0 Å². The Morgan fingerprint density at radius 2 is 2.00 bits per heavy atom. The molecule has 1 rings (SSSR count). The zero-order valence-electron chi connectivity index (χ0n) is 5.97. The van der Waals surface area contributed by atoms with Crippen molar-refractivity contribution in [3.8, 4) is 0 Å². The molecule has 0 radical (unpaired) electrons. The van der Waals surface area contributed by atoms with E-state index in [-0.39, 0.29) is 0 Å². The fraction of sp³-hybridized carbons (Fsp3) is 0.167. The normalized spacial score (nSPS) is 15.9. The molecule has 0 saturated heterocycles. The third-order valence-electron chi connectivity index (χ3n) is 1.31. The molecule has 0 aliphatic carbocycles. The summed E-state index contributed by atoms with van der Waals surface area (Å²) in [5, 5.41) is 19.9. The van der Waals surface area contributed by atoms with Crippen LogP contribution in [0.25, 0.3) is 0 Å². The van der Waals surface area contributed by atoms with E-state index in [0.29, 0.717) is 0 Å². The molecule has 0 aliphatic rings. The SMILES string of the molecule is CC(=O)[N+]([O-])(O)n1cccc1. The topological polar surface area (TPSA) is 65.3 Å². The van der Waals surface area contributed by atoms with E-state index in [9.17, 15) is 10.0 Å². The van der Waals surface area contributed by atoms with Crippen LogP contribution in [-0.2, 0) is 4.79 Å². The smallest absolute Gasteiger partial charge is 0.368 e. The largest absolute Gasteiger partial charge is 0.565 e. The molecular weight excluding hydrogens is 148 g/mol. The summed E-state index contributed by atoms with van der Waals surface area (Å²) in [6.45, 7) is 1.02. The summed E-state index contributed by atoms with van der Waals surface area (Å²) < 4.78 is 0.850. The van der Waals surface area contributed by atoms with E-state index >= 15 is 0 Å². The Bertz CT molecular complexity index is 253. The number of quaternary nitrogens is 1. The zero-order chi connectivity index (χ0) is 8.48. The molecular formula is C6H8N2O3. The molecule has 1 heterocycles. The molecule has 60 valence electrons. The van der Waals surface area contributed by atoms with Crippen LogP contribution in [0.2, 0.25) is 0 Å². The molecule has 5 nitrogen and oxygen atoms in total. The molecule has 0 fully saturated rings. The fourth-order valence-electron chi connectivity index (χ4n) is 0.669. The maximum atomic E-state index is 11.0. The van der Waals surface area contributed by atoms with Crippen LogP contribution in [0.1, 0.15) is 6.92 Å². The molecule has 0 bridgehead atoms. The van der Waals surface area contributed by atoms with Crippen molar-refractivity contribution in [2.24, 2.45) is 0 Å². The molecule has 0 aliphatic heterocycles. The van der Waals surface area contributed by atoms with Crippen LogP contribution in [0, 0.1) is 5.21 Å². The van der Waals surface area contributed by atoms with Crippen molar-refractivity contribution < 1.29 is 10.0 Å². The van der Waals surface area contributed by atoms with Crippen LogP contribution in [0.3, 0.4) is 0 Å². The van der Waals surface area contributed by atoms with Crippen LogP contribution < -0.4 is 4.92 Å². The molecule has 1 aromatic rings. The molecule has 11 heavy (non-hydrogen) atoms. The van der Waals surface area contributed by atoms with Gasteiger partial charge in [0.05, 0.1) is 19.3 Å². The number of hydrogen-bond donors (Lipinski definition) is 1. The minimum atomic E-state index is -2.01. The zero-order valence-corrected chi connectivity index (χ0v) is 5.97. The summed E-state index contributed by atoms with van der Waals surface area (Å²) in [5.74, 6) is -0.888. The predicted octanol–water partition coefficient (Wildman–Crippen LogP) is 0.360. The van der Waals surface area contributed by atoms with Gasteiger partial charge in [-0.25, -0.2) is 4.79 Å². The number of rotatable bonds is 1. The quantitative estimate of drug-likeness (QED) is 0.362. The Morgan fingerprint density at radius 1 is 1.55 bits per heavy atom. The van der Waals surface area contributed by atoms with Gasteiger partial charge in [-0.1, -0.05) is 0 Å². The summed E-state index contributed by atoms with van der Waals surface area (Å²) in [4.78, 5) is 8.55. The second-order valence-corrected chi connectivity index (χ2v) is 2.13. The number of hydroxylamine groups is 2. The maximum absolute atomic E-state index is 11.0. The van der Waals surface area contributed by atoms with E-state index in [2.05, 4.69) is 0 Å². The van der Waals surface area contributed by atoms with E-state index in [1.165, 1.54) is 12.4 Å². The van der Waals surface area contributed by atoms with Gasteiger partial charge >= 0.3 is 5.91 Å². The van der Waals surface area contributed by atoms with Gasteiger partial charge in [0.1, 0.15) is 0 Å². The van der Waals surface area contributed by atoms with Gasteiger partial charge in [-0.15, -0.1) is 0 Å². The minimum Gasteiger partial charge on any atom is -0.565 e. The lowest BCUT2D eigenvalue weighted by molar-refractivity contribution is -0.174. The lowest BCUT2D eigenvalue weighted by atomic mass is 10.7. The molecule has 1 amide bonds. The molecule has 1 aromatic heterocycles. The van der Waals surface area contributed by atoms with Crippen molar-refractivity contribution in [3.63, 3.8) is 0 Å². The summed E-state index contributed by atoms with van der Waals surface area (Å²) in [7, 11) is 0. The van der Waals surface area contributed by atoms with Gasteiger partial charge in [-0.2, -0.15) is 9.88 Å². The summed E-state index contributed by atoms with van der Waals surface area (Å²) in [6, 6.07) is 3.09. The third kappa shape index (κ3) is 1.30. The Kier molecular flexibility index (Phi) is 1.77. The summed E-state index contributed by atoms with van der Waals surface area (Å²) >= 11 is 0. The van der Waals surface area contributed by atoms with E-state index in [4.69, 9.17) is 5.21 Å². The highest BCUT2D eigenvalue weighted by atomic mass is 16.9. The molecule has 5 heteroatoms. The standard InChI is InChI=1S/C6H8N2O3/c1-6(9)8(10,11)7-4-2-3-5-7/h2-5,10H,1H3. The predicted molar refractivity (Wildman–Crippen MR) is 37.8 cm³/mol. The van der Waals surface area contributed by atoms with E-state index < -0.39 is 10.8 Å². The van der Waals surface area contributed by atoms with E-state index in [1.54, 1.807) is 12.1 Å². The molecule has 0 spiro atoms. The summed E-state index contributed by atoms with van der Waals surface area (Å²) in [6.07, 6.45) is 2.63. The van der Waals surface area contributed by atoms with Crippen molar-refractivity contribution >= 4 is 5.91 Å². The van der Waals surface area contributed by atoms with Crippen LogP contribution in [0.15, 0.2) is 24.5 Å². The lowest BCUT2D eigenvalue weighted by Gasteiger charge is -2.28. The average Bonchev–Trinajstić information content (AvgIpc) is 2.37. The number of amides is 1. The van der Waals surface area contributed by atoms with Crippen molar-refractivity contribution in [1.29, 1.82) is 0 Å². The number of nitrogens with zero attached hydrogens (tertiary/aromatic N) is 2. The van der Waals surface area contributed by atoms with Crippen LogP contribution in [-0.4, -0.2) is 15.8 Å². The van der Waals surface area contributed by atoms with Crippen molar-refractivity contribution in [2.75, 3.05) is 0 Å². The lowest BCUT2D eigenvalue weighted by Crippen LogP contribution is -2.52. The van der Waals surface area contributed by atoms with Gasteiger partial charge in [0.15, 0.2) is 0 Å². The molecule has 1 unspecified atom stereocenters. The first-order valence-electron chi connectivity index (χ1n) is 3.03. The first-order valence-corrected chi connectivity index (χ1v) is 3.03. The minimum absolute atomic E-state index is 0.850. The monoisotopic (exact) mass is 156 g/mol. The Morgan fingerprint density at radius 3 is 2.36 bits per heavy atom. The Labute approximate surface area is 63.2 Å². The number of carbonyl (C=O) groups is 1. The summed E-state index contributed by atoms with van der Waals surface area (Å²) in [5.41, 5.74) is 0. The Hall–Kier alpha value is -1.17. The van der Waals surface area contributed by atoms with Crippen molar-refractivity contribution in [1.82, 2.24) is 9.59 Å². The first kappa shape index (κ1) is 7.93. The van der Waals surface area contributed by atoms with Gasteiger partial charge < -0.3 is 5.21 Å². The molecule has 0 aromatic carbocycles. The highest BCUT2D eigenvalue weighted by Gasteiger charge is 2.22. The van der Waals surface area contributed by atoms with Gasteiger partial charge in [-0.05, 0) is 17.1 Å². The number of carbonyl (C=O) groups excluding carboxylic acids is 1. The second kappa shape index (κ2) is 2.46. The molecule has 0 saturated carbocycles. The van der Waals surface area contributed by atoms with Crippen LogP contribution in [0.4, 0.5) is 0 Å². The third-order valence-corrected chi connectivity index (χ3v) is 1.31. The van der Waals surface area contributed by atoms with E-state index in [0.717, 1.165) is 11.6 Å². The van der Waals surface area contributed by atoms with Gasteiger partial charge in [-0.3, -0.25) is 0 Å². The van der Waals surface area contributed by atoms with Crippen LogP contribution in [0.5, 0.6) is 0 Å². The highest BCUT2D eigenvalue weighted by Crippen LogP contribution is 2.00. The number of aromatic nitrogens is 1. The highest BCUT2D eigenvalue weighted by molar-refractivity contribution is 5.77. The average molecular weight is 156 g/mol. The van der Waals surface area contributed by atoms with E-state index in [1.807, 2.05) is 0 Å². The van der Waals surface area contributed by atoms with Gasteiger partial charge in [0.2, 0.25) is 0 Å². The molecule has 1 N–H and O–H groups in total. The van der Waals surface area contributed by atoms with Crippen LogP contribution >= 0.6 is 0 Å². The van der Waals surface area contributed by atoms with Gasteiger partial charge in [0.25, 0.3) is 0 Å². The van der Waals surface area contributed by atoms with Crippen molar-refractivity contribution in [3.05, 3.63) is 29.7 Å². The second-order valence-electron chi connectivity index (χ2n) is 2.13.